The zero-order valence-corrected chi connectivity index (χ0v) is 11.0. The molecule has 0 fully saturated rings. The van der Waals surface area contributed by atoms with Gasteiger partial charge in [-0.1, -0.05) is 24.3 Å². The van der Waals surface area contributed by atoms with Crippen molar-refractivity contribution in [3.8, 4) is 0 Å². The van der Waals surface area contributed by atoms with Crippen LogP contribution in [-0.4, -0.2) is 16.9 Å². The Labute approximate surface area is 117 Å². The number of anilines is 1. The SMILES string of the molecule is NNc1ccncc1C(=O)NC1Cc2ccccc2C1. The molecule has 0 aliphatic heterocycles. The summed E-state index contributed by atoms with van der Waals surface area (Å²) in [5.74, 6) is 5.26. The molecule has 1 heterocycles. The first-order valence-corrected chi connectivity index (χ1v) is 6.56. The molecular formula is C15H16N4O. The number of amides is 1. The second kappa shape index (κ2) is 5.30. The number of rotatable bonds is 3. The molecule has 0 atom stereocenters. The van der Waals surface area contributed by atoms with Gasteiger partial charge in [0, 0.05) is 18.4 Å². The Morgan fingerprint density at radius 1 is 1.20 bits per heavy atom. The molecule has 5 heteroatoms. The summed E-state index contributed by atoms with van der Waals surface area (Å²) in [6, 6.07) is 10.1. The average molecular weight is 268 g/mol. The van der Waals surface area contributed by atoms with Crippen LogP contribution in [0.2, 0.25) is 0 Å². The van der Waals surface area contributed by atoms with Gasteiger partial charge < -0.3 is 10.7 Å². The fraction of sp³-hybridized carbons (Fsp3) is 0.200. The van der Waals surface area contributed by atoms with Crippen LogP contribution in [0, 0.1) is 0 Å². The largest absolute Gasteiger partial charge is 0.349 e. The van der Waals surface area contributed by atoms with Crippen molar-refractivity contribution in [3.63, 3.8) is 0 Å². The fourth-order valence-electron chi connectivity index (χ4n) is 2.63. The first-order valence-electron chi connectivity index (χ1n) is 6.56. The maximum atomic E-state index is 12.3. The molecule has 0 radical (unpaired) electrons. The summed E-state index contributed by atoms with van der Waals surface area (Å²) in [7, 11) is 0. The van der Waals surface area contributed by atoms with Gasteiger partial charge >= 0.3 is 0 Å². The highest BCUT2D eigenvalue weighted by atomic mass is 16.1. The molecule has 1 aliphatic rings. The van der Waals surface area contributed by atoms with Crippen molar-refractivity contribution >= 4 is 11.6 Å². The highest BCUT2D eigenvalue weighted by Gasteiger charge is 2.23. The Kier molecular flexibility index (Phi) is 3.35. The standard InChI is InChI=1S/C15H16N4O/c16-19-14-5-6-17-9-13(14)15(20)18-12-7-10-3-1-2-4-11(10)8-12/h1-6,9,12H,7-8,16H2,(H,17,19)(H,18,20). The molecule has 1 aliphatic carbocycles. The molecule has 102 valence electrons. The third kappa shape index (κ3) is 2.35. The Morgan fingerprint density at radius 2 is 1.90 bits per heavy atom. The van der Waals surface area contributed by atoms with E-state index in [0.29, 0.717) is 11.3 Å². The number of nitrogens with two attached hydrogens (primary N) is 1. The van der Waals surface area contributed by atoms with Gasteiger partial charge in [0.25, 0.3) is 5.91 Å². The number of nitrogens with zero attached hydrogens (tertiary/aromatic N) is 1. The van der Waals surface area contributed by atoms with Crippen LogP contribution in [0.25, 0.3) is 0 Å². The zero-order chi connectivity index (χ0) is 13.9. The summed E-state index contributed by atoms with van der Waals surface area (Å²) < 4.78 is 0. The van der Waals surface area contributed by atoms with Crippen LogP contribution < -0.4 is 16.6 Å². The zero-order valence-electron chi connectivity index (χ0n) is 11.0. The highest BCUT2D eigenvalue weighted by molar-refractivity contribution is 5.99. The van der Waals surface area contributed by atoms with Crippen LogP contribution in [0.5, 0.6) is 0 Å². The summed E-state index contributed by atoms with van der Waals surface area (Å²) in [5, 5.41) is 3.04. The molecule has 1 aromatic heterocycles. The van der Waals surface area contributed by atoms with Crippen molar-refractivity contribution in [2.45, 2.75) is 18.9 Å². The molecular weight excluding hydrogens is 252 g/mol. The Bertz CT molecular complexity index is 616. The lowest BCUT2D eigenvalue weighted by molar-refractivity contribution is 0.0939. The average Bonchev–Trinajstić information content (AvgIpc) is 2.89. The molecule has 0 saturated carbocycles. The van der Waals surface area contributed by atoms with Gasteiger partial charge in [0.15, 0.2) is 0 Å². The molecule has 3 rings (SSSR count). The van der Waals surface area contributed by atoms with Crippen molar-refractivity contribution in [1.82, 2.24) is 10.3 Å². The highest BCUT2D eigenvalue weighted by Crippen LogP contribution is 2.22. The van der Waals surface area contributed by atoms with Crippen molar-refractivity contribution in [3.05, 3.63) is 59.4 Å². The van der Waals surface area contributed by atoms with Crippen LogP contribution in [-0.2, 0) is 12.8 Å². The predicted molar refractivity (Wildman–Crippen MR) is 77.2 cm³/mol. The quantitative estimate of drug-likeness (QED) is 0.578. The van der Waals surface area contributed by atoms with E-state index in [1.165, 1.54) is 17.3 Å². The number of nitrogen functional groups attached to an aromatic ring is 1. The molecule has 5 nitrogen and oxygen atoms in total. The van der Waals surface area contributed by atoms with Gasteiger partial charge in [-0.2, -0.15) is 0 Å². The monoisotopic (exact) mass is 268 g/mol. The first kappa shape index (κ1) is 12.6. The molecule has 20 heavy (non-hydrogen) atoms. The van der Waals surface area contributed by atoms with E-state index in [-0.39, 0.29) is 11.9 Å². The number of pyridine rings is 1. The van der Waals surface area contributed by atoms with Gasteiger partial charge in [0.2, 0.25) is 0 Å². The summed E-state index contributed by atoms with van der Waals surface area (Å²) in [6.07, 6.45) is 4.85. The van der Waals surface area contributed by atoms with E-state index in [2.05, 4.69) is 27.9 Å². The van der Waals surface area contributed by atoms with Gasteiger partial charge in [-0.25, -0.2) is 0 Å². The van der Waals surface area contributed by atoms with Gasteiger partial charge in [0.05, 0.1) is 11.3 Å². The number of hydrazine groups is 1. The number of nitrogens with one attached hydrogen (secondary N) is 2. The number of fused-ring (bicyclic) bond motifs is 1. The lowest BCUT2D eigenvalue weighted by Gasteiger charge is -2.13. The van der Waals surface area contributed by atoms with Gasteiger partial charge in [-0.05, 0) is 30.0 Å². The van der Waals surface area contributed by atoms with Crippen LogP contribution in [0.3, 0.4) is 0 Å². The molecule has 4 N–H and O–H groups in total. The number of benzene rings is 1. The van der Waals surface area contributed by atoms with Gasteiger partial charge in [-0.15, -0.1) is 0 Å². The number of hydrogen-bond acceptors (Lipinski definition) is 4. The summed E-state index contributed by atoms with van der Waals surface area (Å²) >= 11 is 0. The smallest absolute Gasteiger partial charge is 0.255 e. The molecule has 0 unspecified atom stereocenters. The third-order valence-electron chi connectivity index (χ3n) is 3.61. The summed E-state index contributed by atoms with van der Waals surface area (Å²) in [4.78, 5) is 16.3. The van der Waals surface area contributed by atoms with Crippen molar-refractivity contribution in [2.24, 2.45) is 5.84 Å². The van der Waals surface area contributed by atoms with Crippen LogP contribution in [0.4, 0.5) is 5.69 Å². The Balaban J connectivity index is 1.72. The predicted octanol–water partition coefficient (Wildman–Crippen LogP) is 1.26. The number of carbonyl (C=O) groups excluding carboxylic acids is 1. The van der Waals surface area contributed by atoms with E-state index in [4.69, 9.17) is 5.84 Å². The van der Waals surface area contributed by atoms with Gasteiger partial charge in [0.1, 0.15) is 0 Å². The summed E-state index contributed by atoms with van der Waals surface area (Å²) in [5.41, 5.74) is 6.17. The van der Waals surface area contributed by atoms with Crippen molar-refractivity contribution in [2.75, 3.05) is 5.43 Å². The number of hydrogen-bond donors (Lipinski definition) is 3. The lowest BCUT2D eigenvalue weighted by Crippen LogP contribution is -2.36. The van der Waals surface area contributed by atoms with E-state index in [9.17, 15) is 4.79 Å². The molecule has 1 amide bonds. The topological polar surface area (TPSA) is 80.0 Å². The van der Waals surface area contributed by atoms with Crippen molar-refractivity contribution in [1.29, 1.82) is 0 Å². The minimum absolute atomic E-state index is 0.130. The van der Waals surface area contributed by atoms with E-state index in [1.54, 1.807) is 12.3 Å². The minimum atomic E-state index is -0.149. The number of carbonyl (C=O) groups is 1. The fourth-order valence-corrected chi connectivity index (χ4v) is 2.63. The van der Waals surface area contributed by atoms with Crippen LogP contribution in [0.1, 0.15) is 21.5 Å². The van der Waals surface area contributed by atoms with E-state index in [0.717, 1.165) is 12.8 Å². The van der Waals surface area contributed by atoms with Crippen molar-refractivity contribution < 1.29 is 4.79 Å². The lowest BCUT2D eigenvalue weighted by atomic mass is 10.1. The third-order valence-corrected chi connectivity index (χ3v) is 3.61. The molecule has 1 aromatic carbocycles. The normalized spacial score (nSPS) is 13.8. The van der Waals surface area contributed by atoms with Gasteiger partial charge in [-0.3, -0.25) is 15.6 Å². The van der Waals surface area contributed by atoms with Crippen LogP contribution in [0.15, 0.2) is 42.7 Å². The minimum Gasteiger partial charge on any atom is -0.349 e. The number of aromatic nitrogens is 1. The Morgan fingerprint density at radius 3 is 2.55 bits per heavy atom. The molecule has 2 aromatic rings. The second-order valence-corrected chi connectivity index (χ2v) is 4.91. The maximum absolute atomic E-state index is 12.3. The second-order valence-electron chi connectivity index (χ2n) is 4.91. The van der Waals surface area contributed by atoms with E-state index < -0.39 is 0 Å². The molecule has 0 spiro atoms. The molecule has 0 bridgehead atoms. The van der Waals surface area contributed by atoms with E-state index in [1.807, 2.05) is 12.1 Å². The molecule has 0 saturated heterocycles. The Hall–Kier alpha value is -2.40. The van der Waals surface area contributed by atoms with E-state index >= 15 is 0 Å². The van der Waals surface area contributed by atoms with Crippen LogP contribution >= 0.6 is 0 Å². The first-order chi connectivity index (χ1) is 9.78. The summed E-state index contributed by atoms with van der Waals surface area (Å²) in [6.45, 7) is 0. The maximum Gasteiger partial charge on any atom is 0.255 e.